The van der Waals surface area contributed by atoms with Crippen molar-refractivity contribution in [1.29, 1.82) is 0 Å². The molecule has 0 spiro atoms. The molecule has 104 valence electrons. The fourth-order valence-electron chi connectivity index (χ4n) is 1.58. The van der Waals surface area contributed by atoms with Crippen molar-refractivity contribution in [2.24, 2.45) is 0 Å². The first-order valence-electron chi connectivity index (χ1n) is 5.62. The highest BCUT2D eigenvalue weighted by Gasteiger charge is 2.23. The molecule has 0 unspecified atom stereocenters. The van der Waals surface area contributed by atoms with Crippen LogP contribution in [0.5, 0.6) is 0 Å². The van der Waals surface area contributed by atoms with E-state index in [1.807, 2.05) is 18.2 Å². The molecule has 3 rings (SSSR count). The van der Waals surface area contributed by atoms with Crippen LogP contribution in [0, 0.1) is 0 Å². The van der Waals surface area contributed by atoms with Crippen molar-refractivity contribution in [2.75, 3.05) is 31.1 Å². The Balaban J connectivity index is 0.000000357. The Morgan fingerprint density at radius 1 is 0.944 bits per heavy atom. The third kappa shape index (κ3) is 4.64. The molecule has 1 aromatic carbocycles. The molecule has 0 bridgehead atoms. The number of nitrogens with one attached hydrogen (secondary N) is 1. The molecule has 1 aromatic rings. The highest BCUT2D eigenvalue weighted by molar-refractivity contribution is 5.48. The van der Waals surface area contributed by atoms with Gasteiger partial charge < -0.3 is 20.4 Å². The molecule has 4 nitrogen and oxygen atoms in total. The molecule has 18 heavy (non-hydrogen) atoms. The first-order chi connectivity index (χ1) is 7.75. The van der Waals surface area contributed by atoms with Gasteiger partial charge in [-0.3, -0.25) is 0 Å². The maximum atomic E-state index is 9.04. The zero-order chi connectivity index (χ0) is 11.4. The molecule has 2 heterocycles. The minimum atomic E-state index is -0.116. The summed E-state index contributed by atoms with van der Waals surface area (Å²) in [5.41, 5.74) is 1.21. The third-order valence-corrected chi connectivity index (χ3v) is 2.74. The molecule has 2 saturated heterocycles. The van der Waals surface area contributed by atoms with Crippen molar-refractivity contribution >= 4 is 5.69 Å². The number of rotatable bonds is 1. The Kier molecular flexibility index (Phi) is 7.59. The lowest BCUT2D eigenvalue weighted by Gasteiger charge is -2.37. The normalized spacial score (nSPS) is 18.2. The maximum absolute atomic E-state index is 9.04. The summed E-state index contributed by atoms with van der Waals surface area (Å²) in [6, 6.07) is 10.2. The van der Waals surface area contributed by atoms with Crippen LogP contribution in [0.1, 0.15) is 14.9 Å². The molecule has 3 N–H and O–H groups in total. The van der Waals surface area contributed by atoms with E-state index in [9.17, 15) is 0 Å². The number of hydrogen-bond donors (Lipinski definition) is 3. The Morgan fingerprint density at radius 3 is 1.78 bits per heavy atom. The highest BCUT2D eigenvalue weighted by atomic mass is 16.3. The summed E-state index contributed by atoms with van der Waals surface area (Å²) < 4.78 is 0. The van der Waals surface area contributed by atoms with Crippen molar-refractivity contribution in [3.8, 4) is 0 Å². The fraction of sp³-hybridized carbons (Fsp3) is 0.571. The molecule has 0 atom stereocenters. The summed E-state index contributed by atoms with van der Waals surface area (Å²) in [5.74, 6) is 0. The molecule has 0 aliphatic carbocycles. The van der Waals surface area contributed by atoms with Crippen LogP contribution in [-0.4, -0.2) is 48.6 Å². The van der Waals surface area contributed by atoms with Gasteiger partial charge in [0.25, 0.3) is 0 Å². The Labute approximate surface area is 110 Å². The molecule has 0 radical (unpaired) electrons. The van der Waals surface area contributed by atoms with E-state index >= 15 is 0 Å². The summed E-state index contributed by atoms with van der Waals surface area (Å²) >= 11 is 0. The van der Waals surface area contributed by atoms with E-state index in [-0.39, 0.29) is 27.1 Å². The molecule has 4 heteroatoms. The van der Waals surface area contributed by atoms with Crippen LogP contribution >= 0.6 is 0 Å². The zero-order valence-corrected chi connectivity index (χ0v) is 9.21. The number of benzene rings is 1. The lowest BCUT2D eigenvalue weighted by atomic mass is 10.1. The smallest absolute Gasteiger partial charge is 0.0889 e. The minimum Gasteiger partial charge on any atom is -0.390 e. The second kappa shape index (κ2) is 8.08. The minimum absolute atomic E-state index is 0. The molecule has 2 fully saturated rings. The lowest BCUT2D eigenvalue weighted by Crippen LogP contribution is -2.50. The topological polar surface area (TPSA) is 55.7 Å². The van der Waals surface area contributed by atoms with Gasteiger partial charge in [0, 0.05) is 31.9 Å². The van der Waals surface area contributed by atoms with Gasteiger partial charge in [-0.2, -0.15) is 0 Å². The first kappa shape index (κ1) is 16.9. The number of aliphatic hydroxyl groups is 2. The summed E-state index contributed by atoms with van der Waals surface area (Å²) in [4.78, 5) is 2.16. The average Bonchev–Trinajstić information content (AvgIpc) is 2.24. The molecule has 0 aromatic heterocycles. The van der Waals surface area contributed by atoms with E-state index in [1.54, 1.807) is 0 Å². The van der Waals surface area contributed by atoms with Crippen LogP contribution in [0.25, 0.3) is 0 Å². The third-order valence-electron chi connectivity index (χ3n) is 2.74. The van der Waals surface area contributed by atoms with Crippen molar-refractivity contribution < 1.29 is 10.2 Å². The van der Waals surface area contributed by atoms with Gasteiger partial charge in [0.2, 0.25) is 0 Å². The van der Waals surface area contributed by atoms with E-state index in [0.717, 1.165) is 26.2 Å². The van der Waals surface area contributed by atoms with Gasteiger partial charge in [0.1, 0.15) is 0 Å². The van der Waals surface area contributed by atoms with Crippen LogP contribution in [0.3, 0.4) is 0 Å². The van der Waals surface area contributed by atoms with Crippen LogP contribution < -0.4 is 10.2 Å². The number of β-amino-alcohol motifs (C(OH)–C–C–N with tert-alkyl or cyclic N) is 2. The van der Waals surface area contributed by atoms with Crippen molar-refractivity contribution in [3.05, 3.63) is 30.3 Å². The van der Waals surface area contributed by atoms with Gasteiger partial charge >= 0.3 is 0 Å². The molecular formula is C14H26N2O2. The monoisotopic (exact) mass is 254 g/mol. The number of nitrogens with zero attached hydrogens (tertiary/aromatic N) is 1. The summed E-state index contributed by atoms with van der Waals surface area (Å²) in [6.07, 6.45) is -0.162. The summed E-state index contributed by atoms with van der Waals surface area (Å²) in [6.45, 7) is 3.15. The number of aliphatic hydroxyl groups excluding tert-OH is 2. The predicted octanol–water partition coefficient (Wildman–Crippen LogP) is 1.09. The lowest BCUT2D eigenvalue weighted by molar-refractivity contribution is 0.117. The average molecular weight is 254 g/mol. The second-order valence-electron chi connectivity index (χ2n) is 4.21. The summed E-state index contributed by atoms with van der Waals surface area (Å²) in [5, 5.41) is 20.3. The largest absolute Gasteiger partial charge is 0.390 e. The molecule has 0 saturated carbocycles. The SMILES string of the molecule is C.C.OC1CN(c2ccccc2)C1.OC1CNC1. The Bertz CT molecular complexity index is 309. The van der Waals surface area contributed by atoms with Crippen molar-refractivity contribution in [3.63, 3.8) is 0 Å². The van der Waals surface area contributed by atoms with E-state index < -0.39 is 0 Å². The van der Waals surface area contributed by atoms with Crippen LogP contribution in [-0.2, 0) is 0 Å². The quantitative estimate of drug-likeness (QED) is 0.702. The molecule has 2 aliphatic heterocycles. The van der Waals surface area contributed by atoms with Crippen LogP contribution in [0.2, 0.25) is 0 Å². The van der Waals surface area contributed by atoms with Crippen LogP contribution in [0.15, 0.2) is 30.3 Å². The zero-order valence-electron chi connectivity index (χ0n) is 9.21. The van der Waals surface area contributed by atoms with Gasteiger partial charge in [0.05, 0.1) is 12.2 Å². The van der Waals surface area contributed by atoms with E-state index in [4.69, 9.17) is 10.2 Å². The standard InChI is InChI=1S/C9H11NO.C3H7NO.2CH4/c11-9-6-10(7-9)8-4-2-1-3-5-8;5-3-1-4-2-3;;/h1-5,9,11H,6-7H2;3-5H,1-2H2;2*1H4. The van der Waals surface area contributed by atoms with Gasteiger partial charge in [-0.05, 0) is 12.1 Å². The fourth-order valence-corrected chi connectivity index (χ4v) is 1.58. The molecular weight excluding hydrogens is 228 g/mol. The maximum Gasteiger partial charge on any atom is 0.0889 e. The van der Waals surface area contributed by atoms with E-state index in [0.29, 0.717) is 0 Å². The van der Waals surface area contributed by atoms with E-state index in [1.165, 1.54) is 5.69 Å². The second-order valence-corrected chi connectivity index (χ2v) is 4.21. The van der Waals surface area contributed by atoms with Crippen LogP contribution in [0.4, 0.5) is 5.69 Å². The predicted molar refractivity (Wildman–Crippen MR) is 77.0 cm³/mol. The Morgan fingerprint density at radius 2 is 1.44 bits per heavy atom. The van der Waals surface area contributed by atoms with Gasteiger partial charge in [0.15, 0.2) is 0 Å². The van der Waals surface area contributed by atoms with Crippen molar-refractivity contribution in [2.45, 2.75) is 27.1 Å². The number of para-hydroxylation sites is 1. The highest BCUT2D eigenvalue weighted by Crippen LogP contribution is 2.19. The first-order valence-corrected chi connectivity index (χ1v) is 5.62. The molecule has 2 aliphatic rings. The van der Waals surface area contributed by atoms with E-state index in [2.05, 4.69) is 22.3 Å². The van der Waals surface area contributed by atoms with Gasteiger partial charge in [-0.1, -0.05) is 33.1 Å². The summed E-state index contributed by atoms with van der Waals surface area (Å²) in [7, 11) is 0. The molecule has 0 amide bonds. The number of anilines is 1. The van der Waals surface area contributed by atoms with Crippen molar-refractivity contribution in [1.82, 2.24) is 5.32 Å². The number of hydrogen-bond acceptors (Lipinski definition) is 4. The van der Waals surface area contributed by atoms with Gasteiger partial charge in [-0.25, -0.2) is 0 Å². The van der Waals surface area contributed by atoms with Gasteiger partial charge in [-0.15, -0.1) is 0 Å². The Hall–Kier alpha value is -1.10.